The number of carbonyl (C=O) groups is 1. The van der Waals surface area contributed by atoms with Crippen LogP contribution in [0, 0.1) is 5.41 Å². The van der Waals surface area contributed by atoms with Crippen molar-refractivity contribution in [2.75, 3.05) is 0 Å². The Hall–Kier alpha value is -1.11. The van der Waals surface area contributed by atoms with Crippen molar-refractivity contribution in [2.45, 2.75) is 32.6 Å². The van der Waals surface area contributed by atoms with E-state index in [1.165, 1.54) is 5.56 Å². The Labute approximate surface area is 85.1 Å². The summed E-state index contributed by atoms with van der Waals surface area (Å²) in [6, 6.07) is 10.4. The van der Waals surface area contributed by atoms with Gasteiger partial charge in [-0.2, -0.15) is 0 Å². The van der Waals surface area contributed by atoms with Crippen molar-refractivity contribution in [3.8, 4) is 0 Å². The first-order valence-corrected chi connectivity index (χ1v) is 5.16. The van der Waals surface area contributed by atoms with Crippen LogP contribution in [0.25, 0.3) is 0 Å². The monoisotopic (exact) mass is 188 g/mol. The van der Waals surface area contributed by atoms with E-state index in [4.69, 9.17) is 0 Å². The standard InChI is InChI=1S/C13H16O/c1-13(2)9-11(14)8-12(13)10-6-4-3-5-7-10/h3-7,12H,8-9H2,1-2H3. The van der Waals surface area contributed by atoms with Gasteiger partial charge in [0.1, 0.15) is 5.78 Å². The maximum Gasteiger partial charge on any atom is 0.134 e. The van der Waals surface area contributed by atoms with Gasteiger partial charge in [0.15, 0.2) is 0 Å². The summed E-state index contributed by atoms with van der Waals surface area (Å²) in [6.45, 7) is 4.38. The van der Waals surface area contributed by atoms with Crippen LogP contribution in [0.5, 0.6) is 0 Å². The van der Waals surface area contributed by atoms with Crippen LogP contribution in [0.1, 0.15) is 38.2 Å². The zero-order valence-corrected chi connectivity index (χ0v) is 8.79. The fourth-order valence-corrected chi connectivity index (χ4v) is 2.46. The Bertz CT molecular complexity index is 338. The van der Waals surface area contributed by atoms with Gasteiger partial charge in [-0.15, -0.1) is 0 Å². The molecular weight excluding hydrogens is 172 g/mol. The van der Waals surface area contributed by atoms with E-state index in [1.807, 2.05) is 18.2 Å². The maximum absolute atomic E-state index is 11.4. The molecule has 1 fully saturated rings. The summed E-state index contributed by atoms with van der Waals surface area (Å²) in [5.74, 6) is 0.819. The zero-order valence-electron chi connectivity index (χ0n) is 8.79. The molecule has 1 nitrogen and oxygen atoms in total. The predicted molar refractivity (Wildman–Crippen MR) is 57.2 cm³/mol. The van der Waals surface area contributed by atoms with Crippen molar-refractivity contribution in [1.29, 1.82) is 0 Å². The van der Waals surface area contributed by atoms with Gasteiger partial charge >= 0.3 is 0 Å². The minimum absolute atomic E-state index is 0.137. The molecule has 0 saturated heterocycles. The smallest absolute Gasteiger partial charge is 0.134 e. The minimum Gasteiger partial charge on any atom is -0.300 e. The topological polar surface area (TPSA) is 17.1 Å². The zero-order chi connectivity index (χ0) is 10.2. The third-order valence-electron chi connectivity index (χ3n) is 3.23. The highest BCUT2D eigenvalue weighted by Gasteiger charge is 2.40. The van der Waals surface area contributed by atoms with Gasteiger partial charge in [-0.3, -0.25) is 4.79 Å². The summed E-state index contributed by atoms with van der Waals surface area (Å²) < 4.78 is 0. The van der Waals surface area contributed by atoms with Crippen LogP contribution < -0.4 is 0 Å². The molecule has 1 atom stereocenters. The van der Waals surface area contributed by atoms with Gasteiger partial charge in [0.05, 0.1) is 0 Å². The van der Waals surface area contributed by atoms with Gasteiger partial charge in [-0.1, -0.05) is 44.2 Å². The van der Waals surface area contributed by atoms with Crippen molar-refractivity contribution >= 4 is 5.78 Å². The normalized spacial score (nSPS) is 25.3. The van der Waals surface area contributed by atoms with E-state index in [-0.39, 0.29) is 5.41 Å². The maximum atomic E-state index is 11.4. The molecule has 0 aliphatic heterocycles. The summed E-state index contributed by atoms with van der Waals surface area (Å²) in [6.07, 6.45) is 1.45. The number of hydrogen-bond donors (Lipinski definition) is 0. The Morgan fingerprint density at radius 3 is 2.36 bits per heavy atom. The molecule has 0 bridgehead atoms. The first-order chi connectivity index (χ1) is 6.59. The van der Waals surface area contributed by atoms with Crippen molar-refractivity contribution < 1.29 is 4.79 Å². The molecule has 1 unspecified atom stereocenters. The summed E-state index contributed by atoms with van der Waals surface area (Å²) in [7, 11) is 0. The van der Waals surface area contributed by atoms with E-state index in [9.17, 15) is 4.79 Å². The first-order valence-electron chi connectivity index (χ1n) is 5.16. The lowest BCUT2D eigenvalue weighted by Gasteiger charge is -2.26. The molecular formula is C13H16O. The number of carbonyl (C=O) groups excluding carboxylic acids is 1. The van der Waals surface area contributed by atoms with E-state index < -0.39 is 0 Å². The van der Waals surface area contributed by atoms with Crippen LogP contribution in [0.15, 0.2) is 30.3 Å². The molecule has 1 saturated carbocycles. The molecule has 2 rings (SSSR count). The molecule has 14 heavy (non-hydrogen) atoms. The van der Waals surface area contributed by atoms with E-state index in [1.54, 1.807) is 0 Å². The summed E-state index contributed by atoms with van der Waals surface area (Å²) in [5.41, 5.74) is 1.45. The Morgan fingerprint density at radius 2 is 1.86 bits per heavy atom. The number of benzene rings is 1. The minimum atomic E-state index is 0.137. The van der Waals surface area contributed by atoms with Gasteiger partial charge in [-0.25, -0.2) is 0 Å². The molecule has 0 heterocycles. The van der Waals surface area contributed by atoms with Crippen LogP contribution in [-0.2, 0) is 4.79 Å². The first kappa shape index (κ1) is 9.45. The lowest BCUT2D eigenvalue weighted by atomic mass is 9.78. The van der Waals surface area contributed by atoms with Crippen LogP contribution in [-0.4, -0.2) is 5.78 Å². The molecule has 1 aromatic carbocycles. The van der Waals surface area contributed by atoms with Crippen molar-refractivity contribution in [2.24, 2.45) is 5.41 Å². The lowest BCUT2D eigenvalue weighted by molar-refractivity contribution is -0.117. The van der Waals surface area contributed by atoms with Gasteiger partial charge in [0.2, 0.25) is 0 Å². The second-order valence-electron chi connectivity index (χ2n) is 4.87. The van der Waals surface area contributed by atoms with Gasteiger partial charge in [0, 0.05) is 12.8 Å². The largest absolute Gasteiger partial charge is 0.300 e. The van der Waals surface area contributed by atoms with Crippen molar-refractivity contribution in [1.82, 2.24) is 0 Å². The van der Waals surface area contributed by atoms with E-state index in [0.717, 1.165) is 12.8 Å². The molecule has 0 amide bonds. The van der Waals surface area contributed by atoms with Gasteiger partial charge < -0.3 is 0 Å². The lowest BCUT2D eigenvalue weighted by Crippen LogP contribution is -2.15. The molecule has 1 heteroatoms. The highest BCUT2D eigenvalue weighted by Crippen LogP contribution is 2.46. The number of ketones is 1. The quantitative estimate of drug-likeness (QED) is 0.661. The second kappa shape index (κ2) is 3.23. The number of rotatable bonds is 1. The third kappa shape index (κ3) is 1.59. The van der Waals surface area contributed by atoms with Gasteiger partial charge in [0.25, 0.3) is 0 Å². The summed E-state index contributed by atoms with van der Waals surface area (Å²) >= 11 is 0. The third-order valence-corrected chi connectivity index (χ3v) is 3.23. The molecule has 0 aromatic heterocycles. The fraction of sp³-hybridized carbons (Fsp3) is 0.462. The molecule has 0 spiro atoms. The average Bonchev–Trinajstić information content (AvgIpc) is 2.41. The molecule has 0 N–H and O–H groups in total. The Morgan fingerprint density at radius 1 is 1.21 bits per heavy atom. The van der Waals surface area contributed by atoms with E-state index >= 15 is 0 Å². The van der Waals surface area contributed by atoms with Crippen LogP contribution >= 0.6 is 0 Å². The fourth-order valence-electron chi connectivity index (χ4n) is 2.46. The van der Waals surface area contributed by atoms with Crippen molar-refractivity contribution in [3.63, 3.8) is 0 Å². The highest BCUT2D eigenvalue weighted by atomic mass is 16.1. The number of hydrogen-bond acceptors (Lipinski definition) is 1. The SMILES string of the molecule is CC1(C)CC(=O)CC1c1ccccc1. The number of Topliss-reactive ketones (excluding diaryl/α,β-unsaturated/α-hetero) is 1. The average molecular weight is 188 g/mol. The molecule has 1 aliphatic carbocycles. The molecule has 1 aromatic rings. The molecule has 0 radical (unpaired) electrons. The van der Waals surface area contributed by atoms with Crippen molar-refractivity contribution in [3.05, 3.63) is 35.9 Å². The van der Waals surface area contributed by atoms with E-state index in [2.05, 4.69) is 26.0 Å². The Kier molecular flexibility index (Phi) is 2.18. The van der Waals surface area contributed by atoms with Gasteiger partial charge in [-0.05, 0) is 16.9 Å². The summed E-state index contributed by atoms with van der Waals surface area (Å²) in [4.78, 5) is 11.4. The molecule has 1 aliphatic rings. The predicted octanol–water partition coefficient (Wildman–Crippen LogP) is 3.16. The molecule has 74 valence electrons. The highest BCUT2D eigenvalue weighted by molar-refractivity contribution is 5.83. The second-order valence-corrected chi connectivity index (χ2v) is 4.87. The Balaban J connectivity index is 2.32. The van der Waals surface area contributed by atoms with Crippen LogP contribution in [0.3, 0.4) is 0 Å². The van der Waals surface area contributed by atoms with E-state index in [0.29, 0.717) is 11.7 Å². The van der Waals surface area contributed by atoms with Crippen LogP contribution in [0.2, 0.25) is 0 Å². The van der Waals surface area contributed by atoms with Crippen LogP contribution in [0.4, 0.5) is 0 Å². The summed E-state index contributed by atoms with van der Waals surface area (Å²) in [5, 5.41) is 0.